The summed E-state index contributed by atoms with van der Waals surface area (Å²) in [6.45, 7) is 2.22. The van der Waals surface area contributed by atoms with Crippen LogP contribution in [-0.2, 0) is 0 Å². The number of nitrogen functional groups attached to an aromatic ring is 1. The third kappa shape index (κ3) is 2.18. The second-order valence-corrected chi connectivity index (χ2v) is 4.66. The van der Waals surface area contributed by atoms with Crippen LogP contribution in [0, 0.1) is 5.92 Å². The molecule has 0 saturated heterocycles. The van der Waals surface area contributed by atoms with Crippen LogP contribution in [0.4, 0.5) is 14.5 Å². The fourth-order valence-corrected chi connectivity index (χ4v) is 2.28. The lowest BCUT2D eigenvalue weighted by Gasteiger charge is -2.26. The fraction of sp³-hybridized carbons (Fsp3) is 0.727. The average molecular weight is 229 g/mol. The van der Waals surface area contributed by atoms with E-state index in [0.717, 1.165) is 31.6 Å². The highest BCUT2D eigenvalue weighted by atomic mass is 19.3. The molecular formula is C11H17F2N3. The standard InChI is InChI=1S/C11H17F2N3/c1-7-2-4-8(5-3-7)16-6-9(14)10(15-16)11(12)13/h6-8,11H,2-5,14H2,1H3. The van der Waals surface area contributed by atoms with Gasteiger partial charge in [0.05, 0.1) is 11.7 Å². The van der Waals surface area contributed by atoms with Gasteiger partial charge in [-0.15, -0.1) is 0 Å². The Labute approximate surface area is 93.6 Å². The van der Waals surface area contributed by atoms with E-state index in [-0.39, 0.29) is 17.4 Å². The molecule has 2 rings (SSSR count). The van der Waals surface area contributed by atoms with Gasteiger partial charge in [0.15, 0.2) is 5.69 Å². The molecule has 0 radical (unpaired) electrons. The molecule has 1 fully saturated rings. The summed E-state index contributed by atoms with van der Waals surface area (Å²) in [5.41, 5.74) is 5.34. The van der Waals surface area contributed by atoms with Gasteiger partial charge in [-0.05, 0) is 31.6 Å². The Morgan fingerprint density at radius 1 is 1.38 bits per heavy atom. The van der Waals surface area contributed by atoms with Gasteiger partial charge in [-0.25, -0.2) is 8.78 Å². The predicted octanol–water partition coefficient (Wildman–Crippen LogP) is 3.15. The van der Waals surface area contributed by atoms with E-state index in [0.29, 0.717) is 0 Å². The topological polar surface area (TPSA) is 43.8 Å². The number of rotatable bonds is 2. The third-order valence-corrected chi connectivity index (χ3v) is 3.36. The van der Waals surface area contributed by atoms with E-state index in [9.17, 15) is 8.78 Å². The van der Waals surface area contributed by atoms with E-state index in [2.05, 4.69) is 12.0 Å². The van der Waals surface area contributed by atoms with Crippen molar-refractivity contribution in [3.8, 4) is 0 Å². The van der Waals surface area contributed by atoms with Crippen LogP contribution < -0.4 is 5.73 Å². The van der Waals surface area contributed by atoms with Crippen molar-refractivity contribution in [3.05, 3.63) is 11.9 Å². The number of halogens is 2. The van der Waals surface area contributed by atoms with Crippen LogP contribution >= 0.6 is 0 Å². The second-order valence-electron chi connectivity index (χ2n) is 4.66. The number of alkyl halides is 2. The number of nitrogens with two attached hydrogens (primary N) is 1. The first-order valence-electron chi connectivity index (χ1n) is 5.70. The van der Waals surface area contributed by atoms with E-state index in [1.54, 1.807) is 10.9 Å². The average Bonchev–Trinajstić information content (AvgIpc) is 2.61. The Bertz CT molecular complexity index is 354. The summed E-state index contributed by atoms with van der Waals surface area (Å²) >= 11 is 0. The van der Waals surface area contributed by atoms with Crippen molar-refractivity contribution in [2.75, 3.05) is 5.73 Å². The van der Waals surface area contributed by atoms with Crippen molar-refractivity contribution in [2.24, 2.45) is 5.92 Å². The summed E-state index contributed by atoms with van der Waals surface area (Å²) in [4.78, 5) is 0. The lowest BCUT2D eigenvalue weighted by atomic mass is 9.87. The summed E-state index contributed by atoms with van der Waals surface area (Å²) in [5, 5.41) is 3.90. The van der Waals surface area contributed by atoms with Crippen molar-refractivity contribution < 1.29 is 8.78 Å². The molecule has 1 aromatic heterocycles. The molecule has 2 N–H and O–H groups in total. The Hall–Kier alpha value is -1.13. The summed E-state index contributed by atoms with van der Waals surface area (Å²) in [7, 11) is 0. The van der Waals surface area contributed by atoms with Crippen molar-refractivity contribution in [3.63, 3.8) is 0 Å². The maximum atomic E-state index is 12.5. The Morgan fingerprint density at radius 2 is 2.00 bits per heavy atom. The minimum atomic E-state index is -2.58. The summed E-state index contributed by atoms with van der Waals surface area (Å²) in [6, 6.07) is 0.242. The van der Waals surface area contributed by atoms with Gasteiger partial charge in [0.2, 0.25) is 0 Å². The lowest BCUT2D eigenvalue weighted by molar-refractivity contribution is 0.144. The van der Waals surface area contributed by atoms with Crippen LogP contribution in [0.15, 0.2) is 6.20 Å². The van der Waals surface area contributed by atoms with E-state index in [4.69, 9.17) is 5.73 Å². The van der Waals surface area contributed by atoms with E-state index in [1.807, 2.05) is 0 Å². The largest absolute Gasteiger partial charge is 0.396 e. The first-order valence-corrected chi connectivity index (χ1v) is 5.70. The molecule has 16 heavy (non-hydrogen) atoms. The number of nitrogens with zero attached hydrogens (tertiary/aromatic N) is 2. The van der Waals surface area contributed by atoms with Crippen LogP contribution in [0.25, 0.3) is 0 Å². The molecule has 1 heterocycles. The molecule has 0 aromatic carbocycles. The molecule has 0 unspecified atom stereocenters. The highest BCUT2D eigenvalue weighted by molar-refractivity contribution is 5.41. The normalized spacial score (nSPS) is 26.2. The zero-order valence-electron chi connectivity index (χ0n) is 9.37. The molecule has 0 spiro atoms. The molecule has 3 nitrogen and oxygen atoms in total. The molecule has 0 aliphatic heterocycles. The molecule has 1 saturated carbocycles. The first-order chi connectivity index (χ1) is 7.58. The monoisotopic (exact) mass is 229 g/mol. The van der Waals surface area contributed by atoms with Gasteiger partial charge in [0.25, 0.3) is 6.43 Å². The molecule has 0 bridgehead atoms. The zero-order valence-corrected chi connectivity index (χ0v) is 9.37. The minimum absolute atomic E-state index is 0.105. The van der Waals surface area contributed by atoms with Gasteiger partial charge in [-0.1, -0.05) is 6.92 Å². The van der Waals surface area contributed by atoms with Crippen LogP contribution in [0.2, 0.25) is 0 Å². The molecular weight excluding hydrogens is 212 g/mol. The van der Waals surface area contributed by atoms with Crippen LogP contribution in [0.5, 0.6) is 0 Å². The van der Waals surface area contributed by atoms with Crippen molar-refractivity contribution >= 4 is 5.69 Å². The van der Waals surface area contributed by atoms with Crippen LogP contribution in [0.3, 0.4) is 0 Å². The van der Waals surface area contributed by atoms with Crippen molar-refractivity contribution in [1.82, 2.24) is 9.78 Å². The van der Waals surface area contributed by atoms with Gasteiger partial charge in [-0.2, -0.15) is 5.10 Å². The predicted molar refractivity (Wildman–Crippen MR) is 58.3 cm³/mol. The Kier molecular flexibility index (Phi) is 3.12. The molecule has 0 atom stereocenters. The van der Waals surface area contributed by atoms with Gasteiger partial charge in [-0.3, -0.25) is 4.68 Å². The van der Waals surface area contributed by atoms with Crippen molar-refractivity contribution in [1.29, 1.82) is 0 Å². The number of hydrogen-bond acceptors (Lipinski definition) is 2. The molecule has 5 heteroatoms. The number of aromatic nitrogens is 2. The van der Waals surface area contributed by atoms with Crippen LogP contribution in [-0.4, -0.2) is 9.78 Å². The van der Waals surface area contributed by atoms with E-state index < -0.39 is 6.43 Å². The number of hydrogen-bond donors (Lipinski definition) is 1. The molecule has 1 aliphatic rings. The Balaban J connectivity index is 2.12. The highest BCUT2D eigenvalue weighted by Crippen LogP contribution is 2.33. The zero-order chi connectivity index (χ0) is 11.7. The van der Waals surface area contributed by atoms with Gasteiger partial charge < -0.3 is 5.73 Å². The minimum Gasteiger partial charge on any atom is -0.396 e. The molecule has 1 aromatic rings. The van der Waals surface area contributed by atoms with E-state index in [1.165, 1.54) is 0 Å². The second kappa shape index (κ2) is 4.39. The van der Waals surface area contributed by atoms with E-state index >= 15 is 0 Å². The first kappa shape index (κ1) is 11.4. The quantitative estimate of drug-likeness (QED) is 0.846. The van der Waals surface area contributed by atoms with Crippen LogP contribution in [0.1, 0.15) is 50.8 Å². The maximum absolute atomic E-state index is 12.5. The third-order valence-electron chi connectivity index (χ3n) is 3.36. The Morgan fingerprint density at radius 3 is 2.50 bits per heavy atom. The summed E-state index contributed by atoms with van der Waals surface area (Å²) in [5.74, 6) is 0.735. The van der Waals surface area contributed by atoms with Crippen molar-refractivity contribution in [2.45, 2.75) is 45.1 Å². The number of anilines is 1. The molecule has 1 aliphatic carbocycles. The molecule has 0 amide bonds. The van der Waals surface area contributed by atoms with Gasteiger partial charge >= 0.3 is 0 Å². The maximum Gasteiger partial charge on any atom is 0.284 e. The smallest absolute Gasteiger partial charge is 0.284 e. The lowest BCUT2D eigenvalue weighted by Crippen LogP contribution is -2.17. The SMILES string of the molecule is CC1CCC(n2cc(N)c(C(F)F)n2)CC1. The summed E-state index contributed by atoms with van der Waals surface area (Å²) < 4.78 is 26.7. The summed E-state index contributed by atoms with van der Waals surface area (Å²) in [6.07, 6.45) is 3.24. The van der Waals surface area contributed by atoms with Gasteiger partial charge in [0.1, 0.15) is 0 Å². The fourth-order valence-electron chi connectivity index (χ4n) is 2.28. The highest BCUT2D eigenvalue weighted by Gasteiger charge is 2.23. The van der Waals surface area contributed by atoms with Gasteiger partial charge in [0, 0.05) is 6.20 Å². The molecule has 90 valence electrons.